The number of ether oxygens (including phenoxy) is 1. The largest absolute Gasteiger partial charge is 0.466 e. The van der Waals surface area contributed by atoms with E-state index in [9.17, 15) is 15.0 Å². The number of rotatable bonds is 11. The molecule has 1 aliphatic rings. The quantitative estimate of drug-likeness (QED) is 0.150. The van der Waals surface area contributed by atoms with E-state index in [2.05, 4.69) is 92.0 Å². The van der Waals surface area contributed by atoms with Gasteiger partial charge in [-0.25, -0.2) is 9.55 Å². The second-order valence-corrected chi connectivity index (χ2v) is 10.9. The van der Waals surface area contributed by atoms with Crippen LogP contribution >= 0.6 is 7.82 Å². The zero-order valence-corrected chi connectivity index (χ0v) is 30.0. The number of aliphatic hydroxyl groups is 3. The predicted octanol–water partition coefficient (Wildman–Crippen LogP) is 0.429. The lowest BCUT2D eigenvalue weighted by atomic mass is 10.1. The second kappa shape index (κ2) is 25.1. The Morgan fingerprint density at radius 2 is 1.20 bits per heavy atom. The number of imidazole rings is 1. The van der Waals surface area contributed by atoms with Crippen LogP contribution in [0.5, 0.6) is 0 Å². The Morgan fingerprint density at radius 3 is 1.48 bits per heavy atom. The number of aromatic amines is 1. The zero-order chi connectivity index (χ0) is 36.0. The van der Waals surface area contributed by atoms with Crippen LogP contribution in [-0.4, -0.2) is 148 Å². The molecule has 0 aromatic carbocycles. The minimum absolute atomic E-state index is 0.0388. The van der Waals surface area contributed by atoms with E-state index >= 15 is 0 Å². The molecule has 0 spiro atoms. The Bertz CT molecular complexity index is 1080. The fraction of sp³-hybridized carbons (Fsp3) is 0.821. The number of hydrogen-bond acceptors (Lipinski definition) is 12. The van der Waals surface area contributed by atoms with Gasteiger partial charge in [-0.2, -0.15) is 4.98 Å². The number of hydrogen-bond donors (Lipinski definition) is 8. The van der Waals surface area contributed by atoms with E-state index in [0.29, 0.717) is 0 Å². The maximum atomic E-state index is 11.7. The van der Waals surface area contributed by atoms with Gasteiger partial charge < -0.3 is 55.2 Å². The monoisotopic (exact) mass is 684 g/mol. The lowest BCUT2D eigenvalue weighted by molar-refractivity contribution is -0.0511. The summed E-state index contributed by atoms with van der Waals surface area (Å²) in [5, 5.41) is 28.7. The summed E-state index contributed by atoms with van der Waals surface area (Å²) in [4.78, 5) is 50.5. The summed E-state index contributed by atoms with van der Waals surface area (Å²) in [6.07, 6.45) is -3.21. The molecule has 46 heavy (non-hydrogen) atoms. The Labute approximate surface area is 273 Å². The van der Waals surface area contributed by atoms with Gasteiger partial charge in [0.25, 0.3) is 5.56 Å². The SMILES string of the molecule is CCN(CC)CC.CCN(CC)CC.CCN(CC)CC.Nc1nc2c(ncn2[C@@H]2O[C@H](CO)[C@@H](O)[C@H]2O)c(=O)[nH]1.O=P(O)(O)O. The van der Waals surface area contributed by atoms with Crippen LogP contribution in [0.4, 0.5) is 5.95 Å². The van der Waals surface area contributed by atoms with Crippen molar-refractivity contribution >= 4 is 24.9 Å². The number of nitrogen functional groups attached to an aromatic ring is 1. The number of aromatic nitrogens is 4. The van der Waals surface area contributed by atoms with Crippen LogP contribution in [0.1, 0.15) is 68.5 Å². The number of H-pyrrole nitrogens is 1. The van der Waals surface area contributed by atoms with Crippen molar-refractivity contribution in [3.63, 3.8) is 0 Å². The van der Waals surface area contributed by atoms with Crippen molar-refractivity contribution in [2.75, 3.05) is 71.2 Å². The number of fused-ring (bicyclic) bond motifs is 1. The third-order valence-electron chi connectivity index (χ3n) is 7.27. The van der Waals surface area contributed by atoms with E-state index in [1.165, 1.54) is 69.8 Å². The summed E-state index contributed by atoms with van der Waals surface area (Å²) < 4.78 is 15.5. The predicted molar refractivity (Wildman–Crippen MR) is 180 cm³/mol. The van der Waals surface area contributed by atoms with E-state index in [4.69, 9.17) is 34.8 Å². The van der Waals surface area contributed by atoms with Crippen molar-refractivity contribution in [3.05, 3.63) is 16.7 Å². The summed E-state index contributed by atoms with van der Waals surface area (Å²) >= 11 is 0. The minimum Gasteiger partial charge on any atom is -0.394 e. The number of nitrogens with two attached hydrogens (primary N) is 1. The molecule has 272 valence electrons. The van der Waals surface area contributed by atoms with E-state index < -0.39 is 44.5 Å². The molecule has 0 aliphatic carbocycles. The number of anilines is 1. The van der Waals surface area contributed by atoms with Gasteiger partial charge in [-0.3, -0.25) is 14.3 Å². The van der Waals surface area contributed by atoms with Gasteiger partial charge in [-0.15, -0.1) is 0 Å². The fourth-order valence-electron chi connectivity index (χ4n) is 4.25. The summed E-state index contributed by atoms with van der Waals surface area (Å²) in [5.41, 5.74) is 5.12. The second-order valence-electron chi connectivity index (χ2n) is 9.88. The van der Waals surface area contributed by atoms with E-state index in [-0.39, 0.29) is 17.1 Å². The summed E-state index contributed by atoms with van der Waals surface area (Å²) in [6.45, 7) is 29.9. The van der Waals surface area contributed by atoms with Crippen molar-refractivity contribution in [1.82, 2.24) is 34.2 Å². The molecule has 9 N–H and O–H groups in total. The highest BCUT2D eigenvalue weighted by atomic mass is 31.2. The maximum absolute atomic E-state index is 11.7. The lowest BCUT2D eigenvalue weighted by Crippen LogP contribution is -2.33. The fourth-order valence-corrected chi connectivity index (χ4v) is 4.25. The lowest BCUT2D eigenvalue weighted by Gasteiger charge is -2.16. The van der Waals surface area contributed by atoms with Crippen LogP contribution in [0.25, 0.3) is 11.2 Å². The molecule has 3 heterocycles. The molecule has 0 radical (unpaired) electrons. The average molecular weight is 685 g/mol. The van der Waals surface area contributed by atoms with Crippen LogP contribution in [0.3, 0.4) is 0 Å². The van der Waals surface area contributed by atoms with Crippen molar-refractivity contribution in [3.8, 4) is 0 Å². The number of aliphatic hydroxyl groups excluding tert-OH is 3. The summed E-state index contributed by atoms with van der Waals surface area (Å²) in [5.74, 6) is -0.101. The Morgan fingerprint density at radius 1 is 0.826 bits per heavy atom. The molecule has 1 saturated heterocycles. The normalized spacial score (nSPS) is 19.1. The van der Waals surface area contributed by atoms with Crippen molar-refractivity contribution < 1.29 is 39.3 Å². The highest BCUT2D eigenvalue weighted by Crippen LogP contribution is 2.30. The first-order valence-electron chi connectivity index (χ1n) is 15.9. The van der Waals surface area contributed by atoms with Crippen LogP contribution in [0.2, 0.25) is 0 Å². The molecule has 0 unspecified atom stereocenters. The molecule has 2 aromatic rings. The van der Waals surface area contributed by atoms with Gasteiger partial charge in [0.2, 0.25) is 5.95 Å². The van der Waals surface area contributed by atoms with Gasteiger partial charge in [0, 0.05) is 0 Å². The van der Waals surface area contributed by atoms with Crippen LogP contribution in [0, 0.1) is 0 Å². The molecule has 0 saturated carbocycles. The molecule has 1 aliphatic heterocycles. The molecule has 3 rings (SSSR count). The zero-order valence-electron chi connectivity index (χ0n) is 29.1. The average Bonchev–Trinajstić information content (AvgIpc) is 3.56. The van der Waals surface area contributed by atoms with Crippen LogP contribution in [-0.2, 0) is 9.30 Å². The third kappa shape index (κ3) is 17.8. The van der Waals surface area contributed by atoms with E-state index in [0.717, 1.165) is 0 Å². The smallest absolute Gasteiger partial charge is 0.394 e. The van der Waals surface area contributed by atoms with E-state index in [1.807, 2.05) is 0 Å². The highest BCUT2D eigenvalue weighted by molar-refractivity contribution is 7.45. The molecule has 2 aromatic heterocycles. The topological polar surface area (TPSA) is 247 Å². The summed E-state index contributed by atoms with van der Waals surface area (Å²) in [6, 6.07) is 0. The Balaban J connectivity index is 0. The third-order valence-corrected chi connectivity index (χ3v) is 7.27. The highest BCUT2D eigenvalue weighted by Gasteiger charge is 2.44. The number of phosphoric acid groups is 1. The minimum atomic E-state index is -4.64. The molecule has 18 heteroatoms. The molecule has 4 atom stereocenters. The van der Waals surface area contributed by atoms with Gasteiger partial charge in [0.15, 0.2) is 17.4 Å². The van der Waals surface area contributed by atoms with E-state index in [1.54, 1.807) is 0 Å². The first-order valence-corrected chi connectivity index (χ1v) is 17.4. The summed E-state index contributed by atoms with van der Waals surface area (Å²) in [7, 11) is -4.64. The molecular weight excluding hydrogens is 623 g/mol. The maximum Gasteiger partial charge on any atom is 0.466 e. The Kier molecular flexibility index (Phi) is 25.1. The van der Waals surface area contributed by atoms with Gasteiger partial charge in [-0.05, 0) is 58.9 Å². The Hall–Kier alpha value is -2.02. The molecule has 0 bridgehead atoms. The first-order chi connectivity index (χ1) is 21.6. The van der Waals surface area contributed by atoms with Gasteiger partial charge >= 0.3 is 7.82 Å². The molecule has 17 nitrogen and oxygen atoms in total. The van der Waals surface area contributed by atoms with Crippen molar-refractivity contribution in [2.24, 2.45) is 0 Å². The van der Waals surface area contributed by atoms with Gasteiger partial charge in [-0.1, -0.05) is 62.3 Å². The molecule has 0 amide bonds. The van der Waals surface area contributed by atoms with Crippen LogP contribution < -0.4 is 11.3 Å². The standard InChI is InChI=1S/C10H13N5O5.3C6H15N.H3O4P/c11-10-13-7-4(8(19)14-10)12-2-15(7)9-6(18)5(17)3(1-16)20-9;3*1-4-7(5-2)6-3;1-5(2,3)4/h2-3,5-6,9,16-18H,1H2,(H3,11,13,14,19);3*4-6H2,1-3H3;(H3,1,2,3,4)/t3-,5-,6-,9-;;;;/m1..../s1. The van der Waals surface area contributed by atoms with Gasteiger partial charge in [0.05, 0.1) is 12.9 Å². The molecular formula is C28H61N8O9P. The number of nitrogens with zero attached hydrogens (tertiary/aromatic N) is 6. The molecule has 1 fully saturated rings. The van der Waals surface area contributed by atoms with Gasteiger partial charge in [0.1, 0.15) is 18.3 Å². The van der Waals surface area contributed by atoms with Crippen molar-refractivity contribution in [2.45, 2.75) is 86.9 Å². The number of nitrogens with one attached hydrogen (secondary N) is 1. The van der Waals surface area contributed by atoms with Crippen molar-refractivity contribution in [1.29, 1.82) is 0 Å². The first kappa shape index (κ1) is 46.1. The van der Waals surface area contributed by atoms with Crippen LogP contribution in [0.15, 0.2) is 11.1 Å².